The highest BCUT2D eigenvalue weighted by atomic mass is 79.9. The highest BCUT2D eigenvalue weighted by Gasteiger charge is 2.08. The number of nitrogens with zero attached hydrogens (tertiary/aromatic N) is 2. The molecule has 28 heavy (non-hydrogen) atoms. The number of aromatic nitrogens is 2. The molecule has 0 bridgehead atoms. The van der Waals surface area contributed by atoms with Crippen LogP contribution in [0.2, 0.25) is 0 Å². The van der Waals surface area contributed by atoms with Crippen LogP contribution in [-0.4, -0.2) is 39.5 Å². The largest absolute Gasteiger partial charge is 0.491 e. The lowest BCUT2D eigenvalue weighted by molar-refractivity contribution is 0.0536. The van der Waals surface area contributed by atoms with E-state index in [9.17, 15) is 9.50 Å². The van der Waals surface area contributed by atoms with Crippen molar-refractivity contribution in [3.8, 4) is 5.75 Å². The average Bonchev–Trinajstić information content (AvgIpc) is 2.70. The standard InChI is InChI=1S/C19H18BrFN4O3/c20-17-9-22-19(25-18(17)23-13-6-4-12(21)5-7-13)24-14-2-1-3-16(8-14)28-11-15(27)10-26/h1-9,15,26-27H,10-11H2,(H2,22,23,24,25). The number of hydrogen-bond donors (Lipinski definition) is 4. The van der Waals surface area contributed by atoms with Crippen LogP contribution in [-0.2, 0) is 0 Å². The SMILES string of the molecule is OCC(O)COc1cccc(Nc2ncc(Br)c(Nc3ccc(F)cc3)n2)c1. The van der Waals surface area contributed by atoms with E-state index < -0.39 is 6.10 Å². The maximum Gasteiger partial charge on any atom is 0.229 e. The normalized spacial score (nSPS) is 11.7. The zero-order chi connectivity index (χ0) is 19.9. The van der Waals surface area contributed by atoms with Gasteiger partial charge in [0.1, 0.15) is 30.1 Å². The van der Waals surface area contributed by atoms with E-state index in [-0.39, 0.29) is 19.0 Å². The first-order valence-electron chi connectivity index (χ1n) is 8.37. The molecule has 0 aliphatic rings. The molecule has 0 saturated heterocycles. The summed E-state index contributed by atoms with van der Waals surface area (Å²) in [4.78, 5) is 8.64. The summed E-state index contributed by atoms with van der Waals surface area (Å²) in [5, 5.41) is 24.4. The molecule has 3 rings (SSSR count). The van der Waals surface area contributed by atoms with Gasteiger partial charge in [0, 0.05) is 23.6 Å². The Bertz CT molecular complexity index is 927. The van der Waals surface area contributed by atoms with Crippen molar-refractivity contribution in [3.05, 3.63) is 65.0 Å². The molecule has 0 radical (unpaired) electrons. The molecule has 146 valence electrons. The second-order valence-electron chi connectivity index (χ2n) is 5.82. The van der Waals surface area contributed by atoms with Gasteiger partial charge in [0.05, 0.1) is 11.1 Å². The maximum atomic E-state index is 13.1. The zero-order valence-electron chi connectivity index (χ0n) is 14.6. The molecule has 0 amide bonds. The van der Waals surface area contributed by atoms with Gasteiger partial charge in [0.15, 0.2) is 0 Å². The number of aliphatic hydroxyl groups excluding tert-OH is 2. The Kier molecular flexibility index (Phi) is 6.75. The minimum Gasteiger partial charge on any atom is -0.491 e. The lowest BCUT2D eigenvalue weighted by atomic mass is 10.3. The average molecular weight is 449 g/mol. The molecule has 1 unspecified atom stereocenters. The molecule has 0 saturated carbocycles. The summed E-state index contributed by atoms with van der Waals surface area (Å²) >= 11 is 3.39. The lowest BCUT2D eigenvalue weighted by Crippen LogP contribution is -2.21. The number of rotatable bonds is 8. The van der Waals surface area contributed by atoms with Gasteiger partial charge in [0.25, 0.3) is 0 Å². The van der Waals surface area contributed by atoms with Crippen LogP contribution in [0.15, 0.2) is 59.2 Å². The topological polar surface area (TPSA) is 99.5 Å². The van der Waals surface area contributed by atoms with Crippen molar-refractivity contribution < 1.29 is 19.3 Å². The smallest absolute Gasteiger partial charge is 0.229 e. The molecule has 0 fully saturated rings. The van der Waals surface area contributed by atoms with Gasteiger partial charge in [0.2, 0.25) is 5.95 Å². The van der Waals surface area contributed by atoms with Gasteiger partial charge >= 0.3 is 0 Å². The number of anilines is 4. The van der Waals surface area contributed by atoms with Gasteiger partial charge in [-0.25, -0.2) is 9.37 Å². The zero-order valence-corrected chi connectivity index (χ0v) is 16.2. The Morgan fingerprint density at radius 2 is 1.89 bits per heavy atom. The van der Waals surface area contributed by atoms with Crippen LogP contribution in [0.25, 0.3) is 0 Å². The number of halogens is 2. The van der Waals surface area contributed by atoms with Gasteiger partial charge in [-0.15, -0.1) is 0 Å². The summed E-state index contributed by atoms with van der Waals surface area (Å²) in [6, 6.07) is 13.0. The van der Waals surface area contributed by atoms with Crippen LogP contribution in [0.3, 0.4) is 0 Å². The second kappa shape index (κ2) is 9.45. The van der Waals surface area contributed by atoms with Crippen LogP contribution >= 0.6 is 15.9 Å². The molecule has 1 aromatic heterocycles. The van der Waals surface area contributed by atoms with Crippen LogP contribution in [0.4, 0.5) is 27.5 Å². The lowest BCUT2D eigenvalue weighted by Gasteiger charge is -2.12. The van der Waals surface area contributed by atoms with Crippen LogP contribution in [0.1, 0.15) is 0 Å². The van der Waals surface area contributed by atoms with E-state index in [1.807, 2.05) is 6.07 Å². The Balaban J connectivity index is 1.71. The molecule has 0 aliphatic carbocycles. The third-order valence-electron chi connectivity index (χ3n) is 3.59. The first-order valence-corrected chi connectivity index (χ1v) is 9.17. The quantitative estimate of drug-likeness (QED) is 0.417. The van der Waals surface area contributed by atoms with Gasteiger partial charge in [-0.1, -0.05) is 6.07 Å². The summed E-state index contributed by atoms with van der Waals surface area (Å²) in [5.41, 5.74) is 1.37. The molecule has 1 atom stereocenters. The molecule has 7 nitrogen and oxygen atoms in total. The van der Waals surface area contributed by atoms with Crippen LogP contribution in [0, 0.1) is 5.82 Å². The summed E-state index contributed by atoms with van der Waals surface area (Å²) < 4.78 is 19.1. The van der Waals surface area contributed by atoms with Crippen molar-refractivity contribution >= 4 is 39.1 Å². The third-order valence-corrected chi connectivity index (χ3v) is 4.17. The molecule has 0 spiro atoms. The van der Waals surface area contributed by atoms with Gasteiger partial charge in [-0.3, -0.25) is 0 Å². The predicted octanol–water partition coefficient (Wildman–Crippen LogP) is 3.60. The van der Waals surface area contributed by atoms with Crippen molar-refractivity contribution in [2.75, 3.05) is 23.8 Å². The van der Waals surface area contributed by atoms with Crippen LogP contribution < -0.4 is 15.4 Å². The first kappa shape index (κ1) is 20.0. The van der Waals surface area contributed by atoms with Crippen molar-refractivity contribution in [2.45, 2.75) is 6.10 Å². The van der Waals surface area contributed by atoms with Crippen molar-refractivity contribution in [1.82, 2.24) is 9.97 Å². The third kappa shape index (κ3) is 5.62. The number of ether oxygens (including phenoxy) is 1. The van der Waals surface area contributed by atoms with Crippen molar-refractivity contribution in [2.24, 2.45) is 0 Å². The Morgan fingerprint density at radius 3 is 2.64 bits per heavy atom. The molecular formula is C19H18BrFN4O3. The van der Waals surface area contributed by atoms with E-state index in [1.165, 1.54) is 12.1 Å². The number of aliphatic hydroxyl groups is 2. The van der Waals surface area contributed by atoms with Crippen LogP contribution in [0.5, 0.6) is 5.75 Å². The summed E-state index contributed by atoms with van der Waals surface area (Å²) in [7, 11) is 0. The van der Waals surface area contributed by atoms with E-state index in [1.54, 1.807) is 36.5 Å². The van der Waals surface area contributed by atoms with Gasteiger partial charge in [-0.2, -0.15) is 4.98 Å². The molecule has 2 aromatic carbocycles. The molecule has 3 aromatic rings. The molecular weight excluding hydrogens is 431 g/mol. The highest BCUT2D eigenvalue weighted by Crippen LogP contribution is 2.26. The van der Waals surface area contributed by atoms with E-state index >= 15 is 0 Å². The van der Waals surface area contributed by atoms with E-state index in [0.717, 1.165) is 0 Å². The highest BCUT2D eigenvalue weighted by molar-refractivity contribution is 9.10. The van der Waals surface area contributed by atoms with E-state index in [2.05, 4.69) is 36.5 Å². The minimum absolute atomic E-state index is 0.0134. The summed E-state index contributed by atoms with van der Waals surface area (Å²) in [6.45, 7) is -0.380. The van der Waals surface area contributed by atoms with E-state index in [0.29, 0.717) is 33.4 Å². The first-order chi connectivity index (χ1) is 13.5. The molecule has 4 N–H and O–H groups in total. The molecule has 1 heterocycles. The van der Waals surface area contributed by atoms with Gasteiger partial charge < -0.3 is 25.6 Å². The van der Waals surface area contributed by atoms with Crippen molar-refractivity contribution in [1.29, 1.82) is 0 Å². The molecule has 0 aliphatic heterocycles. The van der Waals surface area contributed by atoms with Crippen molar-refractivity contribution in [3.63, 3.8) is 0 Å². The fraction of sp³-hybridized carbons (Fsp3) is 0.158. The number of nitrogens with one attached hydrogen (secondary N) is 2. The number of hydrogen-bond acceptors (Lipinski definition) is 7. The second-order valence-corrected chi connectivity index (χ2v) is 6.68. The monoisotopic (exact) mass is 448 g/mol. The predicted molar refractivity (Wildman–Crippen MR) is 108 cm³/mol. The Morgan fingerprint density at radius 1 is 1.11 bits per heavy atom. The number of benzene rings is 2. The fourth-order valence-electron chi connectivity index (χ4n) is 2.22. The maximum absolute atomic E-state index is 13.1. The Hall–Kier alpha value is -2.75. The summed E-state index contributed by atoms with van der Waals surface area (Å²) in [6.07, 6.45) is 0.658. The minimum atomic E-state index is -0.938. The summed E-state index contributed by atoms with van der Waals surface area (Å²) in [5.74, 6) is 1.07. The fourth-order valence-corrected chi connectivity index (χ4v) is 2.51. The van der Waals surface area contributed by atoms with Gasteiger partial charge in [-0.05, 0) is 52.3 Å². The van der Waals surface area contributed by atoms with E-state index in [4.69, 9.17) is 9.84 Å². The molecule has 9 heteroatoms. The Labute approximate surface area is 169 Å².